The van der Waals surface area contributed by atoms with Gasteiger partial charge in [-0.25, -0.2) is 4.39 Å². The molecule has 0 aliphatic rings. The smallest absolute Gasteiger partial charge is 0.123 e. The molecule has 0 amide bonds. The number of hydrogen-bond donors (Lipinski definition) is 1. The molecule has 2 aromatic rings. The summed E-state index contributed by atoms with van der Waals surface area (Å²) in [5, 5.41) is 3.60. The second-order valence-electron chi connectivity index (χ2n) is 4.95. The molecular weight excluding hydrogens is 317 g/mol. The zero-order valence-corrected chi connectivity index (χ0v) is 13.3. The maximum absolute atomic E-state index is 13.0. The van der Waals surface area contributed by atoms with Crippen molar-refractivity contribution in [3.63, 3.8) is 0 Å². The Morgan fingerprint density at radius 1 is 1.00 bits per heavy atom. The van der Waals surface area contributed by atoms with Crippen LogP contribution in [0.2, 0.25) is 0 Å². The molecule has 1 unspecified atom stereocenters. The van der Waals surface area contributed by atoms with Crippen molar-refractivity contribution in [3.8, 4) is 0 Å². The SMILES string of the molecule is CCC(N[C@@H](C)c1ccc(Br)cc1)c1ccc(F)cc1. The molecule has 0 heterocycles. The van der Waals surface area contributed by atoms with Crippen LogP contribution >= 0.6 is 15.9 Å². The van der Waals surface area contributed by atoms with Crippen LogP contribution in [0.1, 0.15) is 43.5 Å². The Bertz CT molecular complexity index is 536. The van der Waals surface area contributed by atoms with Gasteiger partial charge >= 0.3 is 0 Å². The van der Waals surface area contributed by atoms with Gasteiger partial charge in [-0.1, -0.05) is 47.1 Å². The van der Waals surface area contributed by atoms with Crippen LogP contribution in [0.25, 0.3) is 0 Å². The molecule has 0 aromatic heterocycles. The normalized spacial score (nSPS) is 14.0. The third-order valence-corrected chi connectivity index (χ3v) is 4.03. The molecular formula is C17H19BrFN. The maximum atomic E-state index is 13.0. The van der Waals surface area contributed by atoms with Crippen LogP contribution in [0.3, 0.4) is 0 Å². The van der Waals surface area contributed by atoms with Crippen molar-refractivity contribution in [2.45, 2.75) is 32.4 Å². The van der Waals surface area contributed by atoms with Crippen LogP contribution in [-0.4, -0.2) is 0 Å². The van der Waals surface area contributed by atoms with Gasteiger partial charge in [0.25, 0.3) is 0 Å². The Morgan fingerprint density at radius 2 is 1.55 bits per heavy atom. The first-order valence-electron chi connectivity index (χ1n) is 6.87. The number of benzene rings is 2. The van der Waals surface area contributed by atoms with Gasteiger partial charge in [-0.05, 0) is 48.7 Å². The van der Waals surface area contributed by atoms with Crippen LogP contribution in [-0.2, 0) is 0 Å². The Hall–Kier alpha value is -1.19. The fraction of sp³-hybridized carbons (Fsp3) is 0.294. The standard InChI is InChI=1S/C17H19BrFN/c1-3-17(14-6-10-16(19)11-7-14)20-12(2)13-4-8-15(18)9-5-13/h4-12,17,20H,3H2,1-2H3/t12-,17?/m0/s1. The van der Waals surface area contributed by atoms with Gasteiger partial charge in [-0.15, -0.1) is 0 Å². The van der Waals surface area contributed by atoms with E-state index in [1.165, 1.54) is 17.7 Å². The van der Waals surface area contributed by atoms with Crippen molar-refractivity contribution in [2.24, 2.45) is 0 Å². The fourth-order valence-electron chi connectivity index (χ4n) is 2.29. The van der Waals surface area contributed by atoms with Crippen molar-refractivity contribution < 1.29 is 4.39 Å². The molecule has 20 heavy (non-hydrogen) atoms. The first-order valence-corrected chi connectivity index (χ1v) is 7.66. The van der Waals surface area contributed by atoms with E-state index in [1.54, 1.807) is 0 Å². The minimum atomic E-state index is -0.190. The third kappa shape index (κ3) is 3.90. The number of hydrogen-bond acceptors (Lipinski definition) is 1. The van der Waals surface area contributed by atoms with Gasteiger partial charge in [0.05, 0.1) is 0 Å². The quantitative estimate of drug-likeness (QED) is 0.772. The summed E-state index contributed by atoms with van der Waals surface area (Å²) in [5.41, 5.74) is 2.37. The monoisotopic (exact) mass is 335 g/mol. The summed E-state index contributed by atoms with van der Waals surface area (Å²) in [5.74, 6) is -0.190. The summed E-state index contributed by atoms with van der Waals surface area (Å²) in [4.78, 5) is 0. The summed E-state index contributed by atoms with van der Waals surface area (Å²) >= 11 is 3.45. The summed E-state index contributed by atoms with van der Waals surface area (Å²) < 4.78 is 14.1. The molecule has 0 bridgehead atoms. The largest absolute Gasteiger partial charge is 0.303 e. The highest BCUT2D eigenvalue weighted by atomic mass is 79.9. The van der Waals surface area contributed by atoms with E-state index in [0.717, 1.165) is 16.5 Å². The van der Waals surface area contributed by atoms with E-state index in [2.05, 4.69) is 47.2 Å². The van der Waals surface area contributed by atoms with Crippen LogP contribution in [0.5, 0.6) is 0 Å². The van der Waals surface area contributed by atoms with Crippen molar-refractivity contribution >= 4 is 15.9 Å². The van der Waals surface area contributed by atoms with E-state index in [-0.39, 0.29) is 17.9 Å². The van der Waals surface area contributed by atoms with Gasteiger partial charge < -0.3 is 5.32 Å². The number of halogens is 2. The van der Waals surface area contributed by atoms with Crippen molar-refractivity contribution in [3.05, 3.63) is 69.9 Å². The first-order chi connectivity index (χ1) is 9.60. The molecule has 0 saturated heterocycles. The lowest BCUT2D eigenvalue weighted by molar-refractivity contribution is 0.456. The molecule has 2 atom stereocenters. The van der Waals surface area contributed by atoms with E-state index < -0.39 is 0 Å². The van der Waals surface area contributed by atoms with Crippen LogP contribution in [0, 0.1) is 5.82 Å². The van der Waals surface area contributed by atoms with E-state index in [9.17, 15) is 4.39 Å². The van der Waals surface area contributed by atoms with Gasteiger partial charge in [0.2, 0.25) is 0 Å². The van der Waals surface area contributed by atoms with Gasteiger partial charge in [0.15, 0.2) is 0 Å². The Balaban J connectivity index is 2.09. The van der Waals surface area contributed by atoms with E-state index in [0.29, 0.717) is 0 Å². The molecule has 0 aliphatic carbocycles. The maximum Gasteiger partial charge on any atom is 0.123 e. The predicted molar refractivity (Wildman–Crippen MR) is 85.1 cm³/mol. The molecule has 0 spiro atoms. The molecule has 3 heteroatoms. The van der Waals surface area contributed by atoms with Crippen molar-refractivity contribution in [1.29, 1.82) is 0 Å². The molecule has 1 nitrogen and oxygen atoms in total. The van der Waals surface area contributed by atoms with E-state index >= 15 is 0 Å². The zero-order chi connectivity index (χ0) is 14.5. The Kier molecular flexibility index (Phi) is 5.32. The van der Waals surface area contributed by atoms with Crippen LogP contribution < -0.4 is 5.32 Å². The molecule has 0 fully saturated rings. The second-order valence-corrected chi connectivity index (χ2v) is 5.87. The highest BCUT2D eigenvalue weighted by Gasteiger charge is 2.13. The minimum Gasteiger partial charge on any atom is -0.303 e. The number of rotatable bonds is 5. The molecule has 0 radical (unpaired) electrons. The van der Waals surface area contributed by atoms with Gasteiger partial charge in [0, 0.05) is 16.6 Å². The van der Waals surface area contributed by atoms with E-state index in [1.807, 2.05) is 24.3 Å². The third-order valence-electron chi connectivity index (χ3n) is 3.50. The Labute approximate surface area is 128 Å². The average molecular weight is 336 g/mol. The fourth-order valence-corrected chi connectivity index (χ4v) is 2.56. The molecule has 2 rings (SSSR count). The molecule has 2 aromatic carbocycles. The topological polar surface area (TPSA) is 12.0 Å². The summed E-state index contributed by atoms with van der Waals surface area (Å²) in [6.07, 6.45) is 0.965. The van der Waals surface area contributed by atoms with Gasteiger partial charge in [0.1, 0.15) is 5.82 Å². The lowest BCUT2D eigenvalue weighted by Crippen LogP contribution is -2.24. The lowest BCUT2D eigenvalue weighted by atomic mass is 10.0. The van der Waals surface area contributed by atoms with Crippen LogP contribution in [0.4, 0.5) is 4.39 Å². The first kappa shape index (κ1) is 15.2. The van der Waals surface area contributed by atoms with Gasteiger partial charge in [-0.2, -0.15) is 0 Å². The molecule has 0 aliphatic heterocycles. The molecule has 0 saturated carbocycles. The summed E-state index contributed by atoms with van der Waals surface area (Å²) in [7, 11) is 0. The highest BCUT2D eigenvalue weighted by Crippen LogP contribution is 2.23. The van der Waals surface area contributed by atoms with E-state index in [4.69, 9.17) is 0 Å². The summed E-state index contributed by atoms with van der Waals surface area (Å²) in [6.45, 7) is 4.28. The van der Waals surface area contributed by atoms with Gasteiger partial charge in [-0.3, -0.25) is 0 Å². The lowest BCUT2D eigenvalue weighted by Gasteiger charge is -2.23. The van der Waals surface area contributed by atoms with Crippen molar-refractivity contribution in [1.82, 2.24) is 5.32 Å². The summed E-state index contributed by atoms with van der Waals surface area (Å²) in [6, 6.07) is 15.5. The Morgan fingerprint density at radius 3 is 2.10 bits per heavy atom. The zero-order valence-electron chi connectivity index (χ0n) is 11.7. The highest BCUT2D eigenvalue weighted by molar-refractivity contribution is 9.10. The average Bonchev–Trinajstić information content (AvgIpc) is 2.46. The predicted octanol–water partition coefficient (Wildman–Crippen LogP) is 5.39. The number of nitrogens with one attached hydrogen (secondary N) is 1. The van der Waals surface area contributed by atoms with Crippen LogP contribution in [0.15, 0.2) is 53.0 Å². The minimum absolute atomic E-state index is 0.190. The molecule has 106 valence electrons. The second kappa shape index (κ2) is 7.00. The molecule has 1 N–H and O–H groups in total. The van der Waals surface area contributed by atoms with Crippen molar-refractivity contribution in [2.75, 3.05) is 0 Å².